The molecule has 1 aliphatic rings. The minimum atomic E-state index is 0.588. The lowest BCUT2D eigenvalue weighted by molar-refractivity contribution is -0.675. The third-order valence-corrected chi connectivity index (χ3v) is 4.71. The van der Waals surface area contributed by atoms with Crippen LogP contribution in [0.25, 0.3) is 16.7 Å². The highest BCUT2D eigenvalue weighted by Gasteiger charge is 2.21. The van der Waals surface area contributed by atoms with Crippen LogP contribution >= 0.6 is 0 Å². The van der Waals surface area contributed by atoms with E-state index >= 15 is 0 Å². The normalized spacial score (nSPS) is 16.7. The van der Waals surface area contributed by atoms with E-state index in [-0.39, 0.29) is 0 Å². The van der Waals surface area contributed by atoms with E-state index in [4.69, 9.17) is 0 Å². The van der Waals surface area contributed by atoms with Crippen molar-refractivity contribution in [3.8, 4) is 0 Å². The van der Waals surface area contributed by atoms with Gasteiger partial charge in [-0.3, -0.25) is 0 Å². The zero-order valence-corrected chi connectivity index (χ0v) is 18.8. The molecule has 29 heavy (non-hydrogen) atoms. The third-order valence-electron chi connectivity index (χ3n) is 4.71. The average Bonchev–Trinajstić information content (AvgIpc) is 2.74. The number of aromatic nitrogens is 1. The fourth-order valence-corrected chi connectivity index (χ4v) is 3.24. The monoisotopic (exact) mass is 386 g/mol. The summed E-state index contributed by atoms with van der Waals surface area (Å²) in [6, 6.07) is 4.45. The lowest BCUT2D eigenvalue weighted by atomic mass is 9.93. The van der Waals surface area contributed by atoms with Crippen LogP contribution in [0.15, 0.2) is 92.6 Å². The number of allylic oxidation sites excluding steroid dienone is 13. The lowest BCUT2D eigenvalue weighted by Gasteiger charge is -2.14. The standard InChI is InChI=1S/C26H30N.C2H6/c1-7-11-21(10-4)25-18-24(22(12-8-2)13-9-3)19-26(27(25)6)23-16-14-20(5)15-17-23;1-2/h7-14,16-20H,1-2,4,15H2,3,5-6H3;1-2H3/q+1;/b13-9-,21-11+,22-12+;. The summed E-state index contributed by atoms with van der Waals surface area (Å²) in [4.78, 5) is 0. The minimum Gasteiger partial charge on any atom is -0.194 e. The smallest absolute Gasteiger partial charge is 0.194 e. The van der Waals surface area contributed by atoms with E-state index in [9.17, 15) is 0 Å². The van der Waals surface area contributed by atoms with Gasteiger partial charge in [0.1, 0.15) is 7.05 Å². The first-order valence-corrected chi connectivity index (χ1v) is 10.4. The molecule has 152 valence electrons. The van der Waals surface area contributed by atoms with Crippen LogP contribution in [0.2, 0.25) is 0 Å². The summed E-state index contributed by atoms with van der Waals surface area (Å²) in [5.74, 6) is 0.588. The van der Waals surface area contributed by atoms with Crippen molar-refractivity contribution in [3.05, 3.63) is 110 Å². The number of hydrogen-bond donors (Lipinski definition) is 0. The van der Waals surface area contributed by atoms with Crippen LogP contribution in [0, 0.1) is 5.92 Å². The third kappa shape index (κ3) is 6.29. The van der Waals surface area contributed by atoms with E-state index in [1.165, 1.54) is 11.3 Å². The zero-order chi connectivity index (χ0) is 21.8. The quantitative estimate of drug-likeness (QED) is 0.339. The van der Waals surface area contributed by atoms with E-state index in [1.54, 1.807) is 6.08 Å². The van der Waals surface area contributed by atoms with Gasteiger partial charge in [-0.15, -0.1) is 0 Å². The van der Waals surface area contributed by atoms with Crippen molar-refractivity contribution in [2.45, 2.75) is 34.1 Å². The van der Waals surface area contributed by atoms with Gasteiger partial charge in [0.2, 0.25) is 11.4 Å². The number of rotatable bonds is 7. The molecule has 0 spiro atoms. The van der Waals surface area contributed by atoms with Crippen molar-refractivity contribution in [1.29, 1.82) is 0 Å². The van der Waals surface area contributed by atoms with Gasteiger partial charge in [-0.2, -0.15) is 4.57 Å². The Hall–Kier alpha value is -2.93. The van der Waals surface area contributed by atoms with Crippen LogP contribution < -0.4 is 4.57 Å². The molecule has 1 aromatic heterocycles. The molecule has 0 aromatic carbocycles. The second-order valence-electron chi connectivity index (χ2n) is 6.72. The summed E-state index contributed by atoms with van der Waals surface area (Å²) in [6.07, 6.45) is 21.6. The van der Waals surface area contributed by atoms with Crippen LogP contribution in [0.4, 0.5) is 0 Å². The topological polar surface area (TPSA) is 3.88 Å². The highest BCUT2D eigenvalue weighted by molar-refractivity contribution is 5.81. The van der Waals surface area contributed by atoms with E-state index in [0.717, 1.165) is 28.8 Å². The maximum atomic E-state index is 3.99. The van der Waals surface area contributed by atoms with Gasteiger partial charge in [-0.1, -0.05) is 95.2 Å². The van der Waals surface area contributed by atoms with Crippen molar-refractivity contribution >= 4 is 16.7 Å². The molecule has 2 rings (SSSR count). The molecule has 0 N–H and O–H groups in total. The van der Waals surface area contributed by atoms with Crippen molar-refractivity contribution in [2.75, 3.05) is 0 Å². The summed E-state index contributed by atoms with van der Waals surface area (Å²) >= 11 is 0. The first-order valence-electron chi connectivity index (χ1n) is 10.4. The predicted octanol–water partition coefficient (Wildman–Crippen LogP) is 7.42. The van der Waals surface area contributed by atoms with E-state index in [2.05, 4.69) is 80.8 Å². The number of nitrogens with zero attached hydrogens (tertiary/aromatic N) is 1. The largest absolute Gasteiger partial charge is 0.213 e. The Kier molecular flexibility index (Phi) is 10.4. The van der Waals surface area contributed by atoms with Gasteiger partial charge in [-0.05, 0) is 36.5 Å². The molecular formula is C28H36N+. The zero-order valence-electron chi connectivity index (χ0n) is 18.8. The molecule has 0 saturated heterocycles. The number of pyridine rings is 1. The summed E-state index contributed by atoms with van der Waals surface area (Å²) in [5, 5.41) is 0. The Morgan fingerprint density at radius 2 is 1.72 bits per heavy atom. The number of hydrogen-bond acceptors (Lipinski definition) is 0. The Morgan fingerprint density at radius 1 is 1.07 bits per heavy atom. The molecule has 1 heterocycles. The van der Waals surface area contributed by atoms with Crippen LogP contribution in [0.3, 0.4) is 0 Å². The van der Waals surface area contributed by atoms with Gasteiger partial charge < -0.3 is 0 Å². The molecule has 0 aliphatic heterocycles. The SMILES string of the molecule is C=C/C=C(\C=C/C)c1cc(C2=CCC(C)C=C2)[n+](C)c(/C(C=C)=C/C=C)c1.CC. The molecule has 1 aromatic rings. The second-order valence-corrected chi connectivity index (χ2v) is 6.72. The van der Waals surface area contributed by atoms with Gasteiger partial charge >= 0.3 is 0 Å². The van der Waals surface area contributed by atoms with Crippen molar-refractivity contribution in [2.24, 2.45) is 13.0 Å². The summed E-state index contributed by atoms with van der Waals surface area (Å²) in [6.45, 7) is 20.0. The van der Waals surface area contributed by atoms with Gasteiger partial charge in [0.15, 0.2) is 0 Å². The fourth-order valence-electron chi connectivity index (χ4n) is 3.24. The molecule has 0 fully saturated rings. The van der Waals surface area contributed by atoms with Crippen molar-refractivity contribution in [1.82, 2.24) is 0 Å². The molecule has 1 heteroatoms. The Bertz CT molecular complexity index is 885. The molecule has 0 bridgehead atoms. The van der Waals surface area contributed by atoms with E-state index in [1.807, 2.05) is 45.1 Å². The predicted molar refractivity (Wildman–Crippen MR) is 131 cm³/mol. The maximum absolute atomic E-state index is 3.99. The molecule has 0 radical (unpaired) electrons. The lowest BCUT2D eigenvalue weighted by Crippen LogP contribution is -2.38. The Balaban J connectivity index is 0.00000204. The summed E-state index contributed by atoms with van der Waals surface area (Å²) < 4.78 is 2.23. The molecule has 1 aliphatic carbocycles. The van der Waals surface area contributed by atoms with Gasteiger partial charge in [0, 0.05) is 23.3 Å². The van der Waals surface area contributed by atoms with E-state index in [0.29, 0.717) is 5.92 Å². The van der Waals surface area contributed by atoms with Crippen molar-refractivity contribution < 1.29 is 4.57 Å². The summed E-state index contributed by atoms with van der Waals surface area (Å²) in [5.41, 5.74) is 6.86. The van der Waals surface area contributed by atoms with Gasteiger partial charge in [0.05, 0.1) is 0 Å². The van der Waals surface area contributed by atoms with Crippen LogP contribution in [-0.4, -0.2) is 0 Å². The second kappa shape index (κ2) is 12.5. The highest BCUT2D eigenvalue weighted by atomic mass is 14.9. The fraction of sp³-hybridized carbons (Fsp3) is 0.250. The van der Waals surface area contributed by atoms with E-state index < -0.39 is 0 Å². The average molecular weight is 387 g/mol. The molecule has 0 saturated carbocycles. The summed E-state index contributed by atoms with van der Waals surface area (Å²) in [7, 11) is 2.11. The maximum Gasteiger partial charge on any atom is 0.213 e. The highest BCUT2D eigenvalue weighted by Crippen LogP contribution is 2.27. The molecular weight excluding hydrogens is 350 g/mol. The molecule has 0 amide bonds. The van der Waals surface area contributed by atoms with Crippen molar-refractivity contribution in [3.63, 3.8) is 0 Å². The van der Waals surface area contributed by atoms with Crippen LogP contribution in [-0.2, 0) is 7.05 Å². The Labute approximate surface area is 178 Å². The first kappa shape index (κ1) is 24.1. The first-order chi connectivity index (χ1) is 14.0. The van der Waals surface area contributed by atoms with Gasteiger partial charge in [-0.25, -0.2) is 0 Å². The molecule has 1 nitrogen and oxygen atoms in total. The minimum absolute atomic E-state index is 0.588. The Morgan fingerprint density at radius 3 is 2.24 bits per heavy atom. The molecule has 1 atom stereocenters. The van der Waals surface area contributed by atoms with Gasteiger partial charge in [0.25, 0.3) is 0 Å². The molecule has 1 unspecified atom stereocenters. The van der Waals surface area contributed by atoms with Crippen LogP contribution in [0.5, 0.6) is 0 Å². The van der Waals surface area contributed by atoms with Crippen LogP contribution in [0.1, 0.15) is 51.1 Å².